The highest BCUT2D eigenvalue weighted by Crippen LogP contribution is 2.21. The topological polar surface area (TPSA) is 93.0 Å². The summed E-state index contributed by atoms with van der Waals surface area (Å²) in [6.07, 6.45) is -0.385. The van der Waals surface area contributed by atoms with Crippen molar-refractivity contribution in [2.45, 2.75) is 6.92 Å². The SMILES string of the molecule is CCOC(=O)N1CCN(C(=O)c2cc([N+](=O)[O-])ccc2I)CC1. The third-order valence-corrected chi connectivity index (χ3v) is 4.42. The van der Waals surface area contributed by atoms with Gasteiger partial charge in [-0.2, -0.15) is 0 Å². The summed E-state index contributed by atoms with van der Waals surface area (Å²) in [5, 5.41) is 10.9. The molecule has 1 aliphatic heterocycles. The number of carbonyl (C=O) groups is 2. The first-order valence-electron chi connectivity index (χ1n) is 7.09. The van der Waals surface area contributed by atoms with Gasteiger partial charge in [-0.3, -0.25) is 14.9 Å². The van der Waals surface area contributed by atoms with Gasteiger partial charge in [-0.25, -0.2) is 4.79 Å². The van der Waals surface area contributed by atoms with E-state index in [1.54, 1.807) is 22.8 Å². The Bertz CT molecular complexity index is 629. The second kappa shape index (κ2) is 7.57. The number of carbonyl (C=O) groups excluding carboxylic acids is 2. The van der Waals surface area contributed by atoms with Crippen molar-refractivity contribution < 1.29 is 19.2 Å². The molecule has 124 valence electrons. The molecule has 0 aliphatic carbocycles. The zero-order valence-electron chi connectivity index (χ0n) is 12.5. The zero-order chi connectivity index (χ0) is 17.0. The summed E-state index contributed by atoms with van der Waals surface area (Å²) in [4.78, 5) is 37.7. The van der Waals surface area contributed by atoms with Gasteiger partial charge in [0.2, 0.25) is 0 Å². The van der Waals surface area contributed by atoms with Crippen molar-refractivity contribution in [3.05, 3.63) is 37.4 Å². The van der Waals surface area contributed by atoms with Crippen molar-refractivity contribution in [2.24, 2.45) is 0 Å². The highest BCUT2D eigenvalue weighted by Gasteiger charge is 2.27. The van der Waals surface area contributed by atoms with E-state index in [4.69, 9.17) is 4.74 Å². The van der Waals surface area contributed by atoms with Gasteiger partial charge in [-0.1, -0.05) is 0 Å². The molecule has 1 aromatic rings. The second-order valence-electron chi connectivity index (χ2n) is 4.90. The van der Waals surface area contributed by atoms with E-state index in [1.165, 1.54) is 12.1 Å². The van der Waals surface area contributed by atoms with Gasteiger partial charge in [0.25, 0.3) is 11.6 Å². The Balaban J connectivity index is 2.07. The number of benzene rings is 1. The maximum Gasteiger partial charge on any atom is 0.409 e. The molecule has 0 atom stereocenters. The van der Waals surface area contributed by atoms with Crippen molar-refractivity contribution in [1.29, 1.82) is 0 Å². The zero-order valence-corrected chi connectivity index (χ0v) is 14.7. The van der Waals surface area contributed by atoms with Crippen LogP contribution in [-0.2, 0) is 4.74 Å². The van der Waals surface area contributed by atoms with Crippen LogP contribution in [0.5, 0.6) is 0 Å². The maximum atomic E-state index is 12.6. The van der Waals surface area contributed by atoms with E-state index in [0.717, 1.165) is 0 Å². The molecule has 0 radical (unpaired) electrons. The van der Waals surface area contributed by atoms with Crippen LogP contribution in [0.3, 0.4) is 0 Å². The lowest BCUT2D eigenvalue weighted by atomic mass is 10.1. The lowest BCUT2D eigenvalue weighted by Gasteiger charge is -2.34. The van der Waals surface area contributed by atoms with Crippen molar-refractivity contribution in [3.63, 3.8) is 0 Å². The fraction of sp³-hybridized carbons (Fsp3) is 0.429. The van der Waals surface area contributed by atoms with E-state index in [-0.39, 0.29) is 17.7 Å². The fourth-order valence-electron chi connectivity index (χ4n) is 2.27. The monoisotopic (exact) mass is 433 g/mol. The van der Waals surface area contributed by atoms with Gasteiger partial charge in [0.1, 0.15) is 0 Å². The summed E-state index contributed by atoms with van der Waals surface area (Å²) in [6.45, 7) is 3.56. The summed E-state index contributed by atoms with van der Waals surface area (Å²) in [5.74, 6) is -0.262. The van der Waals surface area contributed by atoms with E-state index in [1.807, 2.05) is 22.6 Å². The first-order chi connectivity index (χ1) is 10.9. The fourth-order valence-corrected chi connectivity index (χ4v) is 2.83. The molecule has 0 bridgehead atoms. The summed E-state index contributed by atoms with van der Waals surface area (Å²) in [7, 11) is 0. The van der Waals surface area contributed by atoms with Gasteiger partial charge in [-0.05, 0) is 35.6 Å². The molecule has 0 aromatic heterocycles. The van der Waals surface area contributed by atoms with Crippen molar-refractivity contribution in [1.82, 2.24) is 9.80 Å². The maximum absolute atomic E-state index is 12.6. The summed E-state index contributed by atoms with van der Waals surface area (Å²) in [6, 6.07) is 4.22. The number of hydrogen-bond acceptors (Lipinski definition) is 5. The predicted molar refractivity (Wildman–Crippen MR) is 90.3 cm³/mol. The van der Waals surface area contributed by atoms with Crippen molar-refractivity contribution in [3.8, 4) is 0 Å². The van der Waals surface area contributed by atoms with Crippen LogP contribution in [0.4, 0.5) is 10.5 Å². The molecular weight excluding hydrogens is 417 g/mol. The number of nitro benzene ring substituents is 1. The molecule has 1 fully saturated rings. The van der Waals surface area contributed by atoms with Crippen LogP contribution < -0.4 is 0 Å². The number of non-ortho nitro benzene ring substituents is 1. The molecule has 9 heteroatoms. The van der Waals surface area contributed by atoms with E-state index in [0.29, 0.717) is 41.9 Å². The molecule has 1 saturated heterocycles. The second-order valence-corrected chi connectivity index (χ2v) is 6.06. The molecule has 0 spiro atoms. The van der Waals surface area contributed by atoms with E-state index >= 15 is 0 Å². The number of halogens is 1. The van der Waals surface area contributed by atoms with E-state index in [2.05, 4.69) is 0 Å². The predicted octanol–water partition coefficient (Wildman–Crippen LogP) is 2.11. The van der Waals surface area contributed by atoms with Crippen LogP contribution in [0.1, 0.15) is 17.3 Å². The van der Waals surface area contributed by atoms with Gasteiger partial charge < -0.3 is 14.5 Å². The normalized spacial score (nSPS) is 14.5. The number of piperazine rings is 1. The molecule has 1 heterocycles. The van der Waals surface area contributed by atoms with Gasteiger partial charge in [0.05, 0.1) is 17.1 Å². The van der Waals surface area contributed by atoms with Gasteiger partial charge in [0, 0.05) is 41.9 Å². The Labute approximate surface area is 146 Å². The van der Waals surface area contributed by atoms with Crippen LogP contribution >= 0.6 is 22.6 Å². The summed E-state index contributed by atoms with van der Waals surface area (Å²) in [5.41, 5.74) is 0.198. The first kappa shape index (κ1) is 17.4. The lowest BCUT2D eigenvalue weighted by molar-refractivity contribution is -0.384. The number of rotatable bonds is 3. The van der Waals surface area contributed by atoms with Crippen molar-refractivity contribution >= 4 is 40.3 Å². The van der Waals surface area contributed by atoms with E-state index < -0.39 is 4.92 Å². The quantitative estimate of drug-likeness (QED) is 0.414. The van der Waals surface area contributed by atoms with Crippen LogP contribution in [-0.4, -0.2) is 59.5 Å². The summed E-state index contributed by atoms with van der Waals surface area (Å²) < 4.78 is 5.59. The Morgan fingerprint density at radius 3 is 2.43 bits per heavy atom. The van der Waals surface area contributed by atoms with Crippen LogP contribution in [0.15, 0.2) is 18.2 Å². The molecular formula is C14H16IN3O5. The molecule has 2 rings (SSSR count). The number of nitrogens with zero attached hydrogens (tertiary/aromatic N) is 3. The average molecular weight is 433 g/mol. The molecule has 23 heavy (non-hydrogen) atoms. The van der Waals surface area contributed by atoms with Gasteiger partial charge >= 0.3 is 6.09 Å². The standard InChI is InChI=1S/C14H16IN3O5/c1-2-23-14(20)17-7-5-16(6-8-17)13(19)11-9-10(18(21)22)3-4-12(11)15/h3-4,9H,2,5-8H2,1H3. The van der Waals surface area contributed by atoms with Gasteiger partial charge in [-0.15, -0.1) is 0 Å². The van der Waals surface area contributed by atoms with E-state index in [9.17, 15) is 19.7 Å². The third-order valence-electron chi connectivity index (χ3n) is 3.48. The molecule has 0 N–H and O–H groups in total. The third kappa shape index (κ3) is 4.09. The smallest absolute Gasteiger partial charge is 0.409 e. The Hall–Kier alpha value is -1.91. The number of hydrogen-bond donors (Lipinski definition) is 0. The Kier molecular flexibility index (Phi) is 5.74. The minimum atomic E-state index is -0.522. The number of nitro groups is 1. The van der Waals surface area contributed by atoms with Gasteiger partial charge in [0.15, 0.2) is 0 Å². The molecule has 1 aromatic carbocycles. The largest absolute Gasteiger partial charge is 0.450 e. The minimum Gasteiger partial charge on any atom is -0.450 e. The van der Waals surface area contributed by atoms with Crippen LogP contribution in [0, 0.1) is 13.7 Å². The molecule has 0 saturated carbocycles. The molecule has 0 unspecified atom stereocenters. The highest BCUT2D eigenvalue weighted by molar-refractivity contribution is 14.1. The number of ether oxygens (including phenoxy) is 1. The first-order valence-corrected chi connectivity index (χ1v) is 8.16. The average Bonchev–Trinajstić information content (AvgIpc) is 2.55. The number of amides is 2. The highest BCUT2D eigenvalue weighted by atomic mass is 127. The lowest BCUT2D eigenvalue weighted by Crippen LogP contribution is -2.50. The molecule has 1 aliphatic rings. The minimum absolute atomic E-state index is 0.112. The van der Waals surface area contributed by atoms with Crippen LogP contribution in [0.2, 0.25) is 0 Å². The Morgan fingerprint density at radius 2 is 1.87 bits per heavy atom. The molecule has 2 amide bonds. The molecule has 8 nitrogen and oxygen atoms in total. The van der Waals surface area contributed by atoms with Crippen molar-refractivity contribution in [2.75, 3.05) is 32.8 Å². The van der Waals surface area contributed by atoms with Crippen LogP contribution in [0.25, 0.3) is 0 Å². The Morgan fingerprint density at radius 1 is 1.26 bits per heavy atom. The summed E-state index contributed by atoms with van der Waals surface area (Å²) >= 11 is 1.98.